The molecule has 0 unspecified atom stereocenters. The molecule has 210 valence electrons. The zero-order valence-electron chi connectivity index (χ0n) is 21.8. The van der Waals surface area contributed by atoms with Crippen LogP contribution in [0.5, 0.6) is 5.75 Å². The van der Waals surface area contributed by atoms with E-state index in [4.69, 9.17) is 22.9 Å². The first kappa shape index (κ1) is 30.4. The van der Waals surface area contributed by atoms with E-state index in [0.717, 1.165) is 5.56 Å². The number of phenols is 1. The zero-order valence-corrected chi connectivity index (χ0v) is 21.8. The summed E-state index contributed by atoms with van der Waals surface area (Å²) in [4.78, 5) is 47.1. The molecule has 39 heavy (non-hydrogen) atoms. The fourth-order valence-electron chi connectivity index (χ4n) is 3.78. The van der Waals surface area contributed by atoms with Gasteiger partial charge in [0.2, 0.25) is 17.7 Å². The molecule has 2 rings (SSSR count). The number of phenolic OH excluding ortho intramolecular Hbond substituents is 1. The normalized spacial score (nSPS) is 12.7. The quantitative estimate of drug-likeness (QED) is 0.0804. The molecule has 0 saturated heterocycles. The predicted octanol–water partition coefficient (Wildman–Crippen LogP) is -1.41. The van der Waals surface area contributed by atoms with Crippen LogP contribution in [0.3, 0.4) is 0 Å². The third-order valence-electron chi connectivity index (χ3n) is 5.71. The van der Waals surface area contributed by atoms with E-state index in [0.29, 0.717) is 12.0 Å². The topological polar surface area (TPSA) is 236 Å². The van der Waals surface area contributed by atoms with E-state index >= 15 is 0 Å². The number of hydrogen-bond acceptors (Lipinski definition) is 6. The predicted molar refractivity (Wildman–Crippen MR) is 149 cm³/mol. The van der Waals surface area contributed by atoms with Crippen LogP contribution in [-0.4, -0.2) is 66.5 Å². The maximum atomic E-state index is 13.4. The first-order valence-corrected chi connectivity index (χ1v) is 12.4. The number of nitrogens with one attached hydrogen (secondary N) is 3. The number of likely N-dealkylation sites (N-methyl/N-ethyl adjacent to an activating group) is 1. The fraction of sp³-hybridized carbons (Fsp3) is 0.346. The minimum atomic E-state index is -1.05. The summed E-state index contributed by atoms with van der Waals surface area (Å²) in [5, 5.41) is 17.5. The number of benzene rings is 2. The first-order chi connectivity index (χ1) is 18.6. The van der Waals surface area contributed by atoms with Crippen molar-refractivity contribution in [1.29, 1.82) is 0 Å². The Morgan fingerprint density at radius 3 is 2.00 bits per heavy atom. The number of guanidine groups is 2. The molecule has 2 aromatic carbocycles. The van der Waals surface area contributed by atoms with Gasteiger partial charge in [-0.15, -0.1) is 0 Å². The van der Waals surface area contributed by atoms with Crippen molar-refractivity contribution < 1.29 is 19.5 Å². The summed E-state index contributed by atoms with van der Waals surface area (Å²) in [7, 11) is 1.48. The fourth-order valence-corrected chi connectivity index (χ4v) is 3.78. The second-order valence-electron chi connectivity index (χ2n) is 8.82. The largest absolute Gasteiger partial charge is 0.508 e. The van der Waals surface area contributed by atoms with Crippen LogP contribution in [0.25, 0.3) is 0 Å². The van der Waals surface area contributed by atoms with E-state index in [2.05, 4.69) is 25.9 Å². The SMILES string of the molecule is CNC(=O)[C@H](Cc1ccccc1)NC(=O)[C@@H](CCCN=C(N)N)NC(=O)[C@H](Cc1ccc(O)cc1)N=C(N)N. The van der Waals surface area contributed by atoms with Gasteiger partial charge in [0.05, 0.1) is 0 Å². The smallest absolute Gasteiger partial charge is 0.245 e. The molecule has 0 aliphatic heterocycles. The van der Waals surface area contributed by atoms with Crippen molar-refractivity contribution >= 4 is 29.6 Å². The third kappa shape index (κ3) is 11.0. The van der Waals surface area contributed by atoms with E-state index in [-0.39, 0.29) is 49.4 Å². The van der Waals surface area contributed by atoms with Gasteiger partial charge in [0.1, 0.15) is 23.9 Å². The maximum absolute atomic E-state index is 13.4. The number of hydrogen-bond donors (Lipinski definition) is 8. The standard InChI is InChI=1S/C26H37N9O4/c1-31-22(37)20(14-16-6-3-2-4-7-16)34-23(38)19(8-5-13-32-25(27)28)33-24(39)21(35-26(29)30)15-17-9-11-18(36)12-10-17/h2-4,6-7,9-12,19-21,36H,5,8,13-15H2,1H3,(H,31,37)(H,33,39)(H,34,38)(H4,27,28,32)(H4,29,30,35)/t19-,20+,21+/m1/s1. The molecule has 13 nitrogen and oxygen atoms in total. The summed E-state index contributed by atoms with van der Waals surface area (Å²) in [5.41, 5.74) is 23.4. The first-order valence-electron chi connectivity index (χ1n) is 12.4. The minimum Gasteiger partial charge on any atom is -0.508 e. The van der Waals surface area contributed by atoms with E-state index in [1.54, 1.807) is 12.1 Å². The van der Waals surface area contributed by atoms with Gasteiger partial charge in [-0.1, -0.05) is 42.5 Å². The Balaban J connectivity index is 2.23. The molecular formula is C26H37N9O4. The molecule has 0 bridgehead atoms. The Hall–Kier alpha value is -4.81. The molecule has 0 fully saturated rings. The van der Waals surface area contributed by atoms with Crippen LogP contribution in [0.1, 0.15) is 24.0 Å². The lowest BCUT2D eigenvalue weighted by atomic mass is 10.0. The Kier molecular flexibility index (Phi) is 12.0. The Bertz CT molecular complexity index is 1150. The molecule has 0 radical (unpaired) electrons. The van der Waals surface area contributed by atoms with Gasteiger partial charge in [-0.25, -0.2) is 4.99 Å². The van der Waals surface area contributed by atoms with Crippen LogP contribution in [0.4, 0.5) is 0 Å². The van der Waals surface area contributed by atoms with Crippen LogP contribution in [-0.2, 0) is 27.2 Å². The highest BCUT2D eigenvalue weighted by Crippen LogP contribution is 2.13. The number of aromatic hydroxyl groups is 1. The van der Waals surface area contributed by atoms with Gasteiger partial charge in [-0.3, -0.25) is 19.4 Å². The lowest BCUT2D eigenvalue weighted by Gasteiger charge is -2.24. The van der Waals surface area contributed by atoms with Gasteiger partial charge in [0, 0.05) is 26.4 Å². The van der Waals surface area contributed by atoms with Crippen molar-refractivity contribution in [3.05, 3.63) is 65.7 Å². The Morgan fingerprint density at radius 1 is 0.795 bits per heavy atom. The second-order valence-corrected chi connectivity index (χ2v) is 8.82. The van der Waals surface area contributed by atoms with Crippen molar-refractivity contribution in [2.24, 2.45) is 32.9 Å². The summed E-state index contributed by atoms with van der Waals surface area (Å²) in [5.74, 6) is -1.87. The number of amides is 3. The monoisotopic (exact) mass is 539 g/mol. The molecule has 12 N–H and O–H groups in total. The summed E-state index contributed by atoms with van der Waals surface area (Å²) in [6.45, 7) is 0.232. The summed E-state index contributed by atoms with van der Waals surface area (Å²) in [6.07, 6.45) is 0.901. The number of rotatable bonds is 14. The lowest BCUT2D eigenvalue weighted by Crippen LogP contribution is -2.55. The molecule has 0 aliphatic rings. The number of carbonyl (C=O) groups excluding carboxylic acids is 3. The number of aliphatic imine (C=N–C) groups is 2. The van der Waals surface area contributed by atoms with Gasteiger partial charge in [0.15, 0.2) is 11.9 Å². The number of nitrogens with zero attached hydrogens (tertiary/aromatic N) is 2. The van der Waals surface area contributed by atoms with Crippen LogP contribution in [0.15, 0.2) is 64.6 Å². The van der Waals surface area contributed by atoms with Gasteiger partial charge >= 0.3 is 0 Å². The Morgan fingerprint density at radius 2 is 1.41 bits per heavy atom. The third-order valence-corrected chi connectivity index (χ3v) is 5.71. The average molecular weight is 540 g/mol. The summed E-state index contributed by atoms with van der Waals surface area (Å²) >= 11 is 0. The van der Waals surface area contributed by atoms with E-state index < -0.39 is 29.9 Å². The highest BCUT2D eigenvalue weighted by molar-refractivity contribution is 5.94. The van der Waals surface area contributed by atoms with Crippen LogP contribution in [0, 0.1) is 0 Å². The van der Waals surface area contributed by atoms with Crippen LogP contribution < -0.4 is 38.9 Å². The molecular weight excluding hydrogens is 502 g/mol. The van der Waals surface area contributed by atoms with E-state index in [9.17, 15) is 19.5 Å². The second kappa shape index (κ2) is 15.4. The molecule has 2 aromatic rings. The highest BCUT2D eigenvalue weighted by Gasteiger charge is 2.29. The Labute approximate surface area is 227 Å². The van der Waals surface area contributed by atoms with Crippen molar-refractivity contribution in [2.45, 2.75) is 43.8 Å². The maximum Gasteiger partial charge on any atom is 0.245 e. The molecule has 13 heteroatoms. The van der Waals surface area contributed by atoms with Gasteiger partial charge in [-0.2, -0.15) is 0 Å². The molecule has 0 aliphatic carbocycles. The summed E-state index contributed by atoms with van der Waals surface area (Å²) < 4.78 is 0. The highest BCUT2D eigenvalue weighted by atomic mass is 16.3. The summed E-state index contributed by atoms with van der Waals surface area (Å²) in [6, 6.07) is 12.5. The van der Waals surface area contributed by atoms with Gasteiger partial charge < -0.3 is 44.0 Å². The molecule has 0 heterocycles. The van der Waals surface area contributed by atoms with Crippen LogP contribution in [0.2, 0.25) is 0 Å². The number of nitrogens with two attached hydrogens (primary N) is 4. The van der Waals surface area contributed by atoms with Gasteiger partial charge in [-0.05, 0) is 36.1 Å². The molecule has 0 saturated carbocycles. The van der Waals surface area contributed by atoms with Crippen molar-refractivity contribution in [3.8, 4) is 5.75 Å². The average Bonchev–Trinajstić information content (AvgIpc) is 2.90. The van der Waals surface area contributed by atoms with Crippen molar-refractivity contribution in [1.82, 2.24) is 16.0 Å². The molecule has 0 aromatic heterocycles. The molecule has 3 atom stereocenters. The molecule has 3 amide bonds. The van der Waals surface area contributed by atoms with Crippen molar-refractivity contribution in [3.63, 3.8) is 0 Å². The van der Waals surface area contributed by atoms with Gasteiger partial charge in [0.25, 0.3) is 0 Å². The molecule has 0 spiro atoms. The lowest BCUT2D eigenvalue weighted by molar-refractivity contribution is -0.132. The van der Waals surface area contributed by atoms with Crippen LogP contribution >= 0.6 is 0 Å². The minimum absolute atomic E-state index is 0.0697. The van der Waals surface area contributed by atoms with E-state index in [1.165, 1.54) is 19.2 Å². The van der Waals surface area contributed by atoms with Crippen molar-refractivity contribution in [2.75, 3.05) is 13.6 Å². The number of carbonyl (C=O) groups is 3. The van der Waals surface area contributed by atoms with E-state index in [1.807, 2.05) is 30.3 Å². The zero-order chi connectivity index (χ0) is 28.8.